The summed E-state index contributed by atoms with van der Waals surface area (Å²) in [5.41, 5.74) is 10.6. The first kappa shape index (κ1) is 8.73. The van der Waals surface area contributed by atoms with Crippen LogP contribution < -0.4 is 11.5 Å². The van der Waals surface area contributed by atoms with Crippen LogP contribution in [0.3, 0.4) is 0 Å². The highest BCUT2D eigenvalue weighted by Gasteiger charge is 2.35. The largest absolute Gasteiger partial charge is 0.399 e. The van der Waals surface area contributed by atoms with Gasteiger partial charge in [-0.1, -0.05) is 6.08 Å². The Morgan fingerprint density at radius 2 is 2.33 bits per heavy atom. The van der Waals surface area contributed by atoms with Gasteiger partial charge in [0.15, 0.2) is 0 Å². The summed E-state index contributed by atoms with van der Waals surface area (Å²) in [4.78, 5) is 10.0. The molecule has 0 saturated carbocycles. The van der Waals surface area contributed by atoms with E-state index in [0.717, 1.165) is 0 Å². The second kappa shape index (κ2) is 2.60. The lowest BCUT2D eigenvalue weighted by Gasteiger charge is -2.22. The fourth-order valence-corrected chi connectivity index (χ4v) is 1.08. The maximum Gasteiger partial charge on any atom is 0.267 e. The third-order valence-corrected chi connectivity index (χ3v) is 1.85. The average molecular weight is 169 g/mol. The Balaban J connectivity index is 3.05. The topological polar surface area (TPSA) is 95.2 Å². The van der Waals surface area contributed by atoms with Gasteiger partial charge < -0.3 is 11.5 Å². The van der Waals surface area contributed by atoms with Crippen LogP contribution in [0.15, 0.2) is 23.5 Å². The molecule has 1 rings (SSSR count). The number of hydrogen-bond donors (Lipinski definition) is 2. The Morgan fingerprint density at radius 3 is 2.75 bits per heavy atom. The lowest BCUT2D eigenvalue weighted by Crippen LogP contribution is -2.42. The fourth-order valence-electron chi connectivity index (χ4n) is 1.08. The van der Waals surface area contributed by atoms with Gasteiger partial charge in [0.2, 0.25) is 0 Å². The summed E-state index contributed by atoms with van der Waals surface area (Å²) in [5.74, 6) is 0. The smallest absolute Gasteiger partial charge is 0.267 e. The summed E-state index contributed by atoms with van der Waals surface area (Å²) in [6, 6.07) is 0. The molecule has 0 saturated heterocycles. The molecule has 0 heterocycles. The van der Waals surface area contributed by atoms with Crippen LogP contribution in [0.2, 0.25) is 0 Å². The molecule has 0 fully saturated rings. The van der Waals surface area contributed by atoms with Crippen LogP contribution in [-0.2, 0) is 0 Å². The van der Waals surface area contributed by atoms with Crippen LogP contribution in [0.1, 0.15) is 13.3 Å². The molecule has 0 amide bonds. The molecule has 0 aromatic carbocycles. The van der Waals surface area contributed by atoms with Crippen molar-refractivity contribution in [1.29, 1.82) is 0 Å². The van der Waals surface area contributed by atoms with Crippen molar-refractivity contribution >= 4 is 0 Å². The van der Waals surface area contributed by atoms with Gasteiger partial charge in [0, 0.05) is 11.8 Å². The molecule has 0 aromatic rings. The summed E-state index contributed by atoms with van der Waals surface area (Å²) in [7, 11) is 0. The summed E-state index contributed by atoms with van der Waals surface area (Å²) < 4.78 is 0. The Morgan fingerprint density at radius 1 is 1.75 bits per heavy atom. The van der Waals surface area contributed by atoms with Crippen molar-refractivity contribution in [3.05, 3.63) is 33.7 Å². The van der Waals surface area contributed by atoms with Crippen LogP contribution in [0.25, 0.3) is 0 Å². The molecule has 1 aliphatic carbocycles. The van der Waals surface area contributed by atoms with Gasteiger partial charge in [-0.3, -0.25) is 10.1 Å². The highest BCUT2D eigenvalue weighted by molar-refractivity contribution is 5.29. The highest BCUT2D eigenvalue weighted by atomic mass is 16.6. The second-order valence-electron chi connectivity index (χ2n) is 3.11. The lowest BCUT2D eigenvalue weighted by molar-refractivity contribution is -0.434. The minimum absolute atomic E-state index is 0.0255. The molecule has 1 atom stereocenters. The van der Waals surface area contributed by atoms with Crippen molar-refractivity contribution in [3.8, 4) is 0 Å². The SMILES string of the molecule is CC1(N)CC=C(N)C=C1[N+](=O)[O-]. The summed E-state index contributed by atoms with van der Waals surface area (Å²) in [6.45, 7) is 1.62. The summed E-state index contributed by atoms with van der Waals surface area (Å²) in [5, 5.41) is 10.5. The molecule has 0 bridgehead atoms. The van der Waals surface area contributed by atoms with Crippen LogP contribution in [0, 0.1) is 10.1 Å². The molecule has 0 radical (unpaired) electrons. The summed E-state index contributed by atoms with van der Waals surface area (Å²) in [6.07, 6.45) is 3.40. The first-order valence-corrected chi connectivity index (χ1v) is 3.54. The molecule has 5 nitrogen and oxygen atoms in total. The van der Waals surface area contributed by atoms with Crippen molar-refractivity contribution in [2.24, 2.45) is 11.5 Å². The quantitative estimate of drug-likeness (QED) is 0.430. The monoisotopic (exact) mass is 169 g/mol. The van der Waals surface area contributed by atoms with Crippen LogP contribution in [-0.4, -0.2) is 10.5 Å². The zero-order chi connectivity index (χ0) is 9.35. The predicted octanol–water partition coefficient (Wildman–Crippen LogP) is 0.111. The Hall–Kier alpha value is -1.36. The van der Waals surface area contributed by atoms with Gasteiger partial charge in [0.05, 0.1) is 4.92 Å². The van der Waals surface area contributed by atoms with Crippen molar-refractivity contribution in [2.75, 3.05) is 0 Å². The average Bonchev–Trinajstić information content (AvgIpc) is 1.94. The van der Waals surface area contributed by atoms with E-state index in [1.807, 2.05) is 0 Å². The third-order valence-electron chi connectivity index (χ3n) is 1.85. The van der Waals surface area contributed by atoms with E-state index in [9.17, 15) is 10.1 Å². The summed E-state index contributed by atoms with van der Waals surface area (Å²) >= 11 is 0. The van der Waals surface area contributed by atoms with E-state index in [2.05, 4.69) is 0 Å². The van der Waals surface area contributed by atoms with Crippen LogP contribution in [0.5, 0.6) is 0 Å². The molecular weight excluding hydrogens is 158 g/mol. The van der Waals surface area contributed by atoms with E-state index in [1.165, 1.54) is 6.08 Å². The highest BCUT2D eigenvalue weighted by Crippen LogP contribution is 2.24. The standard InChI is InChI=1S/C7H11N3O2/c1-7(9)3-2-5(8)4-6(7)10(11)12/h2,4H,3,8-9H2,1H3. The number of nitrogens with zero attached hydrogens (tertiary/aromatic N) is 1. The number of nitrogens with two attached hydrogens (primary N) is 2. The van der Waals surface area contributed by atoms with E-state index in [1.54, 1.807) is 13.0 Å². The third kappa shape index (κ3) is 1.45. The Labute approximate surface area is 69.9 Å². The van der Waals surface area contributed by atoms with Gasteiger partial charge in [0.1, 0.15) is 5.54 Å². The van der Waals surface area contributed by atoms with Crippen molar-refractivity contribution < 1.29 is 4.92 Å². The van der Waals surface area contributed by atoms with E-state index < -0.39 is 10.5 Å². The molecule has 12 heavy (non-hydrogen) atoms. The van der Waals surface area contributed by atoms with E-state index in [-0.39, 0.29) is 5.70 Å². The van der Waals surface area contributed by atoms with E-state index in [4.69, 9.17) is 11.5 Å². The zero-order valence-corrected chi connectivity index (χ0v) is 6.78. The number of hydrogen-bond acceptors (Lipinski definition) is 4. The number of allylic oxidation sites excluding steroid dienone is 1. The van der Waals surface area contributed by atoms with Crippen LogP contribution >= 0.6 is 0 Å². The molecule has 0 aromatic heterocycles. The number of rotatable bonds is 1. The first-order valence-electron chi connectivity index (χ1n) is 3.54. The normalized spacial score (nSPS) is 29.2. The molecule has 66 valence electrons. The maximum absolute atomic E-state index is 10.5. The van der Waals surface area contributed by atoms with Crippen molar-refractivity contribution in [3.63, 3.8) is 0 Å². The minimum Gasteiger partial charge on any atom is -0.399 e. The van der Waals surface area contributed by atoms with Crippen LogP contribution in [0.4, 0.5) is 0 Å². The molecular formula is C7H11N3O2. The number of nitro groups is 1. The maximum atomic E-state index is 10.5. The predicted molar refractivity (Wildman–Crippen MR) is 44.6 cm³/mol. The van der Waals surface area contributed by atoms with Gasteiger partial charge in [0.25, 0.3) is 5.70 Å². The molecule has 0 aliphatic heterocycles. The molecule has 1 unspecified atom stereocenters. The second-order valence-corrected chi connectivity index (χ2v) is 3.11. The molecule has 0 spiro atoms. The Bertz CT molecular complexity index is 278. The fraction of sp³-hybridized carbons (Fsp3) is 0.429. The van der Waals surface area contributed by atoms with Gasteiger partial charge in [-0.15, -0.1) is 0 Å². The van der Waals surface area contributed by atoms with Gasteiger partial charge >= 0.3 is 0 Å². The Kier molecular flexibility index (Phi) is 1.89. The van der Waals surface area contributed by atoms with Crippen molar-refractivity contribution in [2.45, 2.75) is 18.9 Å². The van der Waals surface area contributed by atoms with E-state index >= 15 is 0 Å². The molecule has 5 heteroatoms. The van der Waals surface area contributed by atoms with Gasteiger partial charge in [-0.05, 0) is 13.3 Å². The van der Waals surface area contributed by atoms with E-state index in [0.29, 0.717) is 12.1 Å². The zero-order valence-electron chi connectivity index (χ0n) is 6.78. The molecule has 1 aliphatic rings. The van der Waals surface area contributed by atoms with Crippen molar-refractivity contribution in [1.82, 2.24) is 0 Å². The minimum atomic E-state index is -0.896. The van der Waals surface area contributed by atoms with Gasteiger partial charge in [-0.25, -0.2) is 0 Å². The first-order chi connectivity index (χ1) is 5.43. The molecule has 4 N–H and O–H groups in total. The van der Waals surface area contributed by atoms with Gasteiger partial charge in [-0.2, -0.15) is 0 Å². The lowest BCUT2D eigenvalue weighted by atomic mass is 9.90.